The van der Waals surface area contributed by atoms with Crippen LogP contribution < -0.4 is 24.8 Å². The van der Waals surface area contributed by atoms with Crippen LogP contribution in [0.2, 0.25) is 0 Å². The van der Waals surface area contributed by atoms with Crippen molar-refractivity contribution in [2.24, 2.45) is 0 Å². The van der Waals surface area contributed by atoms with Crippen LogP contribution in [0, 0.1) is 0 Å². The normalized spacial score (nSPS) is 12.2. The first kappa shape index (κ1) is 24.4. The molecule has 11 nitrogen and oxygen atoms in total. The van der Waals surface area contributed by atoms with Gasteiger partial charge in [0.25, 0.3) is 5.91 Å². The molecule has 0 atom stereocenters. The van der Waals surface area contributed by atoms with Crippen molar-refractivity contribution in [2.75, 3.05) is 37.9 Å². The predicted molar refractivity (Wildman–Crippen MR) is 137 cm³/mol. The number of nitrogens with zero attached hydrogens (tertiary/aromatic N) is 4. The zero-order valence-corrected chi connectivity index (χ0v) is 20.8. The molecular weight excluding hydrogens is 496 g/mol. The van der Waals surface area contributed by atoms with E-state index in [-0.39, 0.29) is 17.6 Å². The molecular formula is C25H24N6O5S. The SMILES string of the molecule is COc1ccc(C(=O)NCCc2nnc3ccc(SCC(=O)Nc4ccc5c(c4)OCCO5)nn23)cc1. The van der Waals surface area contributed by atoms with Crippen LogP contribution in [0.15, 0.2) is 59.6 Å². The lowest BCUT2D eigenvalue weighted by Crippen LogP contribution is -2.26. The summed E-state index contributed by atoms with van der Waals surface area (Å²) >= 11 is 1.30. The molecule has 0 saturated heterocycles. The predicted octanol–water partition coefficient (Wildman–Crippen LogP) is 2.61. The van der Waals surface area contributed by atoms with Gasteiger partial charge in [0.05, 0.1) is 12.9 Å². The molecule has 0 radical (unpaired) electrons. The second kappa shape index (κ2) is 11.2. The third kappa shape index (κ3) is 5.92. The second-order valence-electron chi connectivity index (χ2n) is 7.99. The fourth-order valence-corrected chi connectivity index (χ4v) is 4.29. The molecule has 1 aliphatic rings. The summed E-state index contributed by atoms with van der Waals surface area (Å²) in [6.45, 7) is 1.36. The topological polar surface area (TPSA) is 129 Å². The van der Waals surface area contributed by atoms with E-state index >= 15 is 0 Å². The first-order valence-electron chi connectivity index (χ1n) is 11.5. The quantitative estimate of drug-likeness (QED) is 0.320. The maximum Gasteiger partial charge on any atom is 0.251 e. The summed E-state index contributed by atoms with van der Waals surface area (Å²) in [5.74, 6) is 2.38. The van der Waals surface area contributed by atoms with Crippen molar-refractivity contribution in [3.8, 4) is 17.2 Å². The molecule has 4 aromatic rings. The number of carbonyl (C=O) groups is 2. The number of nitrogens with one attached hydrogen (secondary N) is 2. The summed E-state index contributed by atoms with van der Waals surface area (Å²) in [6, 6.07) is 15.8. The Morgan fingerprint density at radius 2 is 1.84 bits per heavy atom. The Hall–Kier alpha value is -4.32. The number of fused-ring (bicyclic) bond motifs is 2. The molecule has 2 aromatic heterocycles. The number of amides is 2. The fraction of sp³-hybridized carbons (Fsp3) is 0.240. The van der Waals surface area contributed by atoms with Gasteiger partial charge in [-0.2, -0.15) is 9.61 Å². The fourth-order valence-electron chi connectivity index (χ4n) is 3.64. The molecule has 1 aliphatic heterocycles. The molecule has 0 unspecified atom stereocenters. The van der Waals surface area contributed by atoms with Crippen LogP contribution in [0.25, 0.3) is 5.65 Å². The molecule has 37 heavy (non-hydrogen) atoms. The summed E-state index contributed by atoms with van der Waals surface area (Å²) in [5, 5.41) is 19.3. The molecule has 12 heteroatoms. The van der Waals surface area contributed by atoms with Gasteiger partial charge in [-0.1, -0.05) is 11.8 Å². The Morgan fingerprint density at radius 3 is 2.65 bits per heavy atom. The van der Waals surface area contributed by atoms with Crippen molar-refractivity contribution < 1.29 is 23.8 Å². The standard InChI is InChI=1S/C25H24N6O5S/c1-34-18-5-2-16(3-6-18)25(33)26-11-10-22-29-28-21-8-9-24(30-31(21)22)37-15-23(32)27-17-4-7-19-20(14-17)36-13-12-35-19/h2-9,14H,10-13,15H2,1H3,(H,26,33)(H,27,32). The van der Waals surface area contributed by atoms with E-state index in [0.717, 1.165) is 0 Å². The van der Waals surface area contributed by atoms with Gasteiger partial charge in [-0.05, 0) is 48.5 Å². The average molecular weight is 521 g/mol. The maximum atomic E-state index is 12.5. The van der Waals surface area contributed by atoms with Gasteiger partial charge < -0.3 is 24.8 Å². The number of methoxy groups -OCH3 is 1. The Bertz CT molecular complexity index is 1430. The number of carbonyl (C=O) groups excluding carboxylic acids is 2. The van der Waals surface area contributed by atoms with Crippen molar-refractivity contribution in [3.63, 3.8) is 0 Å². The number of anilines is 1. The Labute approximate surface area is 216 Å². The molecule has 3 heterocycles. The average Bonchev–Trinajstić information content (AvgIpc) is 3.34. The number of thioether (sulfide) groups is 1. The van der Waals surface area contributed by atoms with Crippen LogP contribution in [-0.4, -0.2) is 64.2 Å². The lowest BCUT2D eigenvalue weighted by molar-refractivity contribution is -0.113. The van der Waals surface area contributed by atoms with E-state index in [1.165, 1.54) is 11.8 Å². The van der Waals surface area contributed by atoms with E-state index in [2.05, 4.69) is 25.9 Å². The largest absolute Gasteiger partial charge is 0.497 e. The molecule has 0 saturated carbocycles. The lowest BCUT2D eigenvalue weighted by Gasteiger charge is -2.18. The van der Waals surface area contributed by atoms with E-state index in [4.69, 9.17) is 14.2 Å². The van der Waals surface area contributed by atoms with Gasteiger partial charge in [-0.25, -0.2) is 0 Å². The summed E-state index contributed by atoms with van der Waals surface area (Å²) < 4.78 is 17.8. The highest BCUT2D eigenvalue weighted by atomic mass is 32.2. The van der Waals surface area contributed by atoms with Crippen LogP contribution in [0.5, 0.6) is 17.2 Å². The number of hydrogen-bond acceptors (Lipinski definition) is 9. The molecule has 0 fully saturated rings. The third-order valence-electron chi connectivity index (χ3n) is 5.47. The van der Waals surface area contributed by atoms with Gasteiger partial charge in [0.1, 0.15) is 24.0 Å². The van der Waals surface area contributed by atoms with Crippen LogP contribution in [0.4, 0.5) is 5.69 Å². The summed E-state index contributed by atoms with van der Waals surface area (Å²) in [6.07, 6.45) is 0.439. The zero-order valence-electron chi connectivity index (χ0n) is 20.0. The highest BCUT2D eigenvalue weighted by molar-refractivity contribution is 7.99. The van der Waals surface area contributed by atoms with Crippen molar-refractivity contribution in [1.82, 2.24) is 25.1 Å². The maximum absolute atomic E-state index is 12.5. The monoisotopic (exact) mass is 520 g/mol. The second-order valence-corrected chi connectivity index (χ2v) is 8.98. The molecule has 190 valence electrons. The van der Waals surface area contributed by atoms with Crippen molar-refractivity contribution in [2.45, 2.75) is 11.4 Å². The van der Waals surface area contributed by atoms with Gasteiger partial charge in [0, 0.05) is 30.3 Å². The van der Waals surface area contributed by atoms with Crippen LogP contribution >= 0.6 is 11.8 Å². The first-order chi connectivity index (χ1) is 18.1. The minimum absolute atomic E-state index is 0.169. The summed E-state index contributed by atoms with van der Waals surface area (Å²) in [4.78, 5) is 24.9. The van der Waals surface area contributed by atoms with Crippen molar-refractivity contribution in [3.05, 3.63) is 66.0 Å². The molecule has 5 rings (SSSR count). The molecule has 2 aromatic carbocycles. The minimum atomic E-state index is -0.190. The number of ether oxygens (including phenoxy) is 3. The number of hydrogen-bond donors (Lipinski definition) is 2. The number of benzene rings is 2. The summed E-state index contributed by atoms with van der Waals surface area (Å²) in [7, 11) is 1.58. The van der Waals surface area contributed by atoms with Gasteiger partial charge >= 0.3 is 0 Å². The first-order valence-corrected chi connectivity index (χ1v) is 12.5. The number of rotatable bonds is 9. The summed E-state index contributed by atoms with van der Waals surface area (Å²) in [5.41, 5.74) is 1.76. The van der Waals surface area contributed by atoms with Crippen LogP contribution in [0.1, 0.15) is 16.2 Å². The Balaban J connectivity index is 1.15. The van der Waals surface area contributed by atoms with Crippen molar-refractivity contribution >= 4 is 34.9 Å². The van der Waals surface area contributed by atoms with E-state index < -0.39 is 0 Å². The minimum Gasteiger partial charge on any atom is -0.497 e. The highest BCUT2D eigenvalue weighted by Gasteiger charge is 2.14. The van der Waals surface area contributed by atoms with E-state index in [1.807, 2.05) is 0 Å². The van der Waals surface area contributed by atoms with Gasteiger partial charge in [0.15, 0.2) is 23.0 Å². The van der Waals surface area contributed by atoms with E-state index in [1.54, 1.807) is 66.2 Å². The Kier molecular flexibility index (Phi) is 7.36. The van der Waals surface area contributed by atoms with Crippen LogP contribution in [-0.2, 0) is 11.2 Å². The number of aromatic nitrogens is 4. The molecule has 0 aliphatic carbocycles. The zero-order chi connectivity index (χ0) is 25.6. The smallest absolute Gasteiger partial charge is 0.251 e. The molecule has 0 spiro atoms. The van der Waals surface area contributed by atoms with Gasteiger partial charge in [-0.3, -0.25) is 9.59 Å². The lowest BCUT2D eigenvalue weighted by atomic mass is 10.2. The van der Waals surface area contributed by atoms with E-state index in [0.29, 0.717) is 71.2 Å². The molecule has 2 N–H and O–H groups in total. The third-order valence-corrected chi connectivity index (χ3v) is 6.39. The van der Waals surface area contributed by atoms with Crippen molar-refractivity contribution in [1.29, 1.82) is 0 Å². The molecule has 2 amide bonds. The van der Waals surface area contributed by atoms with Gasteiger partial charge in [-0.15, -0.1) is 10.2 Å². The Morgan fingerprint density at radius 1 is 1.03 bits per heavy atom. The van der Waals surface area contributed by atoms with E-state index in [9.17, 15) is 9.59 Å². The highest BCUT2D eigenvalue weighted by Crippen LogP contribution is 2.32. The van der Waals surface area contributed by atoms with Crippen LogP contribution in [0.3, 0.4) is 0 Å². The molecule has 0 bridgehead atoms. The van der Waals surface area contributed by atoms with Gasteiger partial charge in [0.2, 0.25) is 5.91 Å².